The van der Waals surface area contributed by atoms with Gasteiger partial charge in [0.2, 0.25) is 5.91 Å². The Morgan fingerprint density at radius 1 is 1.17 bits per heavy atom. The molecule has 2 aromatic carbocycles. The van der Waals surface area contributed by atoms with Crippen molar-refractivity contribution in [2.75, 3.05) is 18.3 Å². The van der Waals surface area contributed by atoms with Crippen molar-refractivity contribution in [3.05, 3.63) is 60.8 Å². The minimum Gasteiger partial charge on any atom is -0.497 e. The lowest BCUT2D eigenvalue weighted by Gasteiger charge is -2.04. The van der Waals surface area contributed by atoms with Gasteiger partial charge in [-0.25, -0.2) is 4.68 Å². The SMILES string of the molecule is COc1ccc(-c2cn(-c3ccccc3)nc2NC(=O)CCl)cc1. The highest BCUT2D eigenvalue weighted by molar-refractivity contribution is 6.29. The maximum absolute atomic E-state index is 11.7. The smallest absolute Gasteiger partial charge is 0.240 e. The predicted molar refractivity (Wildman–Crippen MR) is 94.9 cm³/mol. The fourth-order valence-corrected chi connectivity index (χ4v) is 2.39. The molecule has 0 saturated heterocycles. The fourth-order valence-electron chi connectivity index (χ4n) is 2.33. The number of anilines is 1. The molecule has 0 radical (unpaired) electrons. The number of nitrogens with one attached hydrogen (secondary N) is 1. The summed E-state index contributed by atoms with van der Waals surface area (Å²) in [5.41, 5.74) is 2.63. The number of hydrogen-bond acceptors (Lipinski definition) is 3. The number of nitrogens with zero attached hydrogens (tertiary/aromatic N) is 2. The molecule has 24 heavy (non-hydrogen) atoms. The largest absolute Gasteiger partial charge is 0.497 e. The Balaban J connectivity index is 2.04. The van der Waals surface area contributed by atoms with Crippen molar-refractivity contribution < 1.29 is 9.53 Å². The van der Waals surface area contributed by atoms with Gasteiger partial charge in [-0.3, -0.25) is 4.79 Å². The van der Waals surface area contributed by atoms with E-state index in [-0.39, 0.29) is 11.8 Å². The number of ether oxygens (including phenoxy) is 1. The number of carbonyl (C=O) groups is 1. The highest BCUT2D eigenvalue weighted by atomic mass is 35.5. The zero-order valence-electron chi connectivity index (χ0n) is 13.1. The van der Waals surface area contributed by atoms with Crippen LogP contribution in [0.25, 0.3) is 16.8 Å². The Labute approximate surface area is 144 Å². The van der Waals surface area contributed by atoms with Crippen LogP contribution in [0.2, 0.25) is 0 Å². The van der Waals surface area contributed by atoms with Crippen LogP contribution in [0.15, 0.2) is 60.8 Å². The molecule has 0 aliphatic carbocycles. The van der Waals surface area contributed by atoms with Crippen LogP contribution in [-0.2, 0) is 4.79 Å². The molecule has 1 aromatic heterocycles. The molecule has 3 rings (SSSR count). The van der Waals surface area contributed by atoms with Crippen LogP contribution in [-0.4, -0.2) is 28.7 Å². The maximum Gasteiger partial charge on any atom is 0.240 e. The van der Waals surface area contributed by atoms with E-state index in [0.29, 0.717) is 5.82 Å². The van der Waals surface area contributed by atoms with E-state index in [1.54, 1.807) is 11.8 Å². The fraction of sp³-hybridized carbons (Fsp3) is 0.111. The van der Waals surface area contributed by atoms with Gasteiger partial charge >= 0.3 is 0 Å². The third-order valence-electron chi connectivity index (χ3n) is 3.52. The zero-order chi connectivity index (χ0) is 16.9. The summed E-state index contributed by atoms with van der Waals surface area (Å²) in [4.78, 5) is 11.7. The average Bonchev–Trinajstić information content (AvgIpc) is 3.06. The molecule has 1 amide bonds. The van der Waals surface area contributed by atoms with E-state index in [4.69, 9.17) is 16.3 Å². The normalized spacial score (nSPS) is 10.4. The first-order valence-corrected chi connectivity index (χ1v) is 7.90. The van der Waals surface area contributed by atoms with Crippen molar-refractivity contribution in [1.29, 1.82) is 0 Å². The minimum atomic E-state index is -0.301. The summed E-state index contributed by atoms with van der Waals surface area (Å²) in [5.74, 6) is 0.806. The molecule has 0 aliphatic heterocycles. The second kappa shape index (κ2) is 7.19. The van der Waals surface area contributed by atoms with Gasteiger partial charge in [-0.2, -0.15) is 0 Å². The maximum atomic E-state index is 11.7. The van der Waals surface area contributed by atoms with Gasteiger partial charge in [0.25, 0.3) is 0 Å². The van der Waals surface area contributed by atoms with Gasteiger partial charge in [0.15, 0.2) is 5.82 Å². The van der Waals surface area contributed by atoms with E-state index in [1.807, 2.05) is 60.8 Å². The number of methoxy groups -OCH3 is 1. The standard InChI is InChI=1S/C18H16ClN3O2/c1-24-15-9-7-13(8-10-15)16-12-22(14-5-3-2-4-6-14)21-18(16)20-17(23)11-19/h2-10,12H,11H2,1H3,(H,20,21,23). The lowest BCUT2D eigenvalue weighted by atomic mass is 10.1. The number of para-hydroxylation sites is 1. The first-order valence-electron chi connectivity index (χ1n) is 7.36. The van der Waals surface area contributed by atoms with E-state index in [0.717, 1.165) is 22.6 Å². The molecule has 6 heteroatoms. The van der Waals surface area contributed by atoms with Gasteiger partial charge in [-0.15, -0.1) is 16.7 Å². The highest BCUT2D eigenvalue weighted by Crippen LogP contribution is 2.29. The Bertz CT molecular complexity index is 829. The Hall–Kier alpha value is -2.79. The molecular formula is C18H16ClN3O2. The molecule has 0 fully saturated rings. The van der Waals surface area contributed by atoms with Crippen LogP contribution in [0.5, 0.6) is 5.75 Å². The topological polar surface area (TPSA) is 56.1 Å². The van der Waals surface area contributed by atoms with Crippen LogP contribution in [0.3, 0.4) is 0 Å². The number of amides is 1. The Morgan fingerprint density at radius 2 is 1.88 bits per heavy atom. The van der Waals surface area contributed by atoms with Gasteiger partial charge in [0.1, 0.15) is 11.6 Å². The molecular weight excluding hydrogens is 326 g/mol. The number of alkyl halides is 1. The zero-order valence-corrected chi connectivity index (χ0v) is 13.8. The lowest BCUT2D eigenvalue weighted by Crippen LogP contribution is -2.13. The summed E-state index contributed by atoms with van der Waals surface area (Å²) < 4.78 is 6.91. The molecule has 1 N–H and O–H groups in total. The third kappa shape index (κ3) is 3.41. The summed E-state index contributed by atoms with van der Waals surface area (Å²) in [6.07, 6.45) is 1.88. The van der Waals surface area contributed by atoms with Crippen LogP contribution in [0, 0.1) is 0 Å². The third-order valence-corrected chi connectivity index (χ3v) is 3.76. The van der Waals surface area contributed by atoms with Crippen LogP contribution in [0.1, 0.15) is 0 Å². The van der Waals surface area contributed by atoms with Gasteiger partial charge < -0.3 is 10.1 Å². The van der Waals surface area contributed by atoms with Crippen molar-refractivity contribution in [2.45, 2.75) is 0 Å². The van der Waals surface area contributed by atoms with Crippen molar-refractivity contribution in [1.82, 2.24) is 9.78 Å². The molecule has 5 nitrogen and oxygen atoms in total. The van der Waals surface area contributed by atoms with E-state index >= 15 is 0 Å². The van der Waals surface area contributed by atoms with E-state index in [9.17, 15) is 4.79 Å². The number of rotatable bonds is 5. The van der Waals surface area contributed by atoms with Crippen LogP contribution in [0.4, 0.5) is 5.82 Å². The minimum absolute atomic E-state index is 0.125. The van der Waals surface area contributed by atoms with Crippen LogP contribution < -0.4 is 10.1 Å². The van der Waals surface area contributed by atoms with Crippen molar-refractivity contribution >= 4 is 23.3 Å². The Morgan fingerprint density at radius 3 is 2.50 bits per heavy atom. The number of aromatic nitrogens is 2. The van der Waals surface area contributed by atoms with Gasteiger partial charge in [0, 0.05) is 11.8 Å². The molecule has 0 atom stereocenters. The molecule has 122 valence electrons. The first kappa shape index (κ1) is 16.1. The van der Waals surface area contributed by atoms with Gasteiger partial charge in [-0.1, -0.05) is 30.3 Å². The summed E-state index contributed by atoms with van der Waals surface area (Å²) in [7, 11) is 1.62. The molecule has 1 heterocycles. The first-order chi connectivity index (χ1) is 11.7. The van der Waals surface area contributed by atoms with Crippen LogP contribution >= 0.6 is 11.6 Å². The van der Waals surface area contributed by atoms with E-state index < -0.39 is 0 Å². The average molecular weight is 342 g/mol. The van der Waals surface area contributed by atoms with Gasteiger partial charge in [-0.05, 0) is 29.8 Å². The van der Waals surface area contributed by atoms with Crippen molar-refractivity contribution in [3.63, 3.8) is 0 Å². The summed E-state index contributed by atoms with van der Waals surface area (Å²) in [5, 5.41) is 7.23. The number of hydrogen-bond donors (Lipinski definition) is 1. The number of carbonyl (C=O) groups excluding carboxylic acids is 1. The second-order valence-corrected chi connectivity index (χ2v) is 5.35. The molecule has 0 unspecified atom stereocenters. The second-order valence-electron chi connectivity index (χ2n) is 5.08. The molecule has 0 spiro atoms. The lowest BCUT2D eigenvalue weighted by molar-refractivity contribution is -0.113. The van der Waals surface area contributed by atoms with Gasteiger partial charge in [0.05, 0.1) is 12.8 Å². The molecule has 0 saturated carbocycles. The molecule has 0 bridgehead atoms. The van der Waals surface area contributed by atoms with E-state index in [1.165, 1.54) is 0 Å². The molecule has 3 aromatic rings. The van der Waals surface area contributed by atoms with E-state index in [2.05, 4.69) is 10.4 Å². The van der Waals surface area contributed by atoms with Crippen molar-refractivity contribution in [2.24, 2.45) is 0 Å². The summed E-state index contributed by atoms with van der Waals surface area (Å²) in [6.45, 7) is 0. The number of halogens is 1. The monoisotopic (exact) mass is 341 g/mol. The van der Waals surface area contributed by atoms with Crippen molar-refractivity contribution in [3.8, 4) is 22.6 Å². The number of benzene rings is 2. The highest BCUT2D eigenvalue weighted by Gasteiger charge is 2.14. The predicted octanol–water partition coefficient (Wildman–Crippen LogP) is 3.73. The Kier molecular flexibility index (Phi) is 4.82. The summed E-state index contributed by atoms with van der Waals surface area (Å²) in [6, 6.07) is 17.2. The molecule has 0 aliphatic rings. The quantitative estimate of drug-likeness (QED) is 0.719. The summed E-state index contributed by atoms with van der Waals surface area (Å²) >= 11 is 5.60.